The molecular weight excluding hydrogens is 581 g/mol. The Labute approximate surface area is 266 Å². The lowest BCUT2D eigenvalue weighted by Crippen LogP contribution is -2.25. The second-order valence-corrected chi connectivity index (χ2v) is 12.0. The van der Waals surface area contributed by atoms with Crippen molar-refractivity contribution in [1.82, 2.24) is 39.9 Å². The van der Waals surface area contributed by atoms with Crippen LogP contribution in [0, 0.1) is 5.82 Å². The van der Waals surface area contributed by atoms with Crippen LogP contribution in [0.1, 0.15) is 36.8 Å². The standard InChI is InChI=1S/C35H38FN9O/c1-23-29(17-31(37-2)26-13-24(18-38-19-26)22-45-9-5-6-10-45)34(43-42-23)35-40-32-21-39-20-30(33(32)41-35)25-14-27(36)16-28(15-25)46-12-11-44-7-3-4-8-44/h13-21,42H,1,3-12,22H2,2H3,(H,40,41)/b29-17+,37-31+. The molecule has 0 amide bonds. The van der Waals surface area contributed by atoms with E-state index in [9.17, 15) is 4.39 Å². The molecule has 0 atom stereocenters. The quantitative estimate of drug-likeness (QED) is 0.228. The molecule has 0 aliphatic carbocycles. The number of aliphatic imine (C=N–C) groups is 1. The summed E-state index contributed by atoms with van der Waals surface area (Å²) in [5, 5.41) is 8.96. The third kappa shape index (κ3) is 6.47. The number of nitrogens with zero attached hydrogens (tertiary/aromatic N) is 7. The number of ether oxygens (including phenoxy) is 1. The number of halogens is 1. The molecule has 2 saturated heterocycles. The first-order valence-electron chi connectivity index (χ1n) is 15.9. The van der Waals surface area contributed by atoms with Gasteiger partial charge in [-0.1, -0.05) is 6.58 Å². The summed E-state index contributed by atoms with van der Waals surface area (Å²) >= 11 is 0. The van der Waals surface area contributed by atoms with Crippen molar-refractivity contribution in [2.45, 2.75) is 32.2 Å². The highest BCUT2D eigenvalue weighted by atomic mass is 19.1. The predicted octanol–water partition coefficient (Wildman–Crippen LogP) is 3.93. The molecule has 1 aromatic carbocycles. The van der Waals surface area contributed by atoms with Crippen LogP contribution in [0.2, 0.25) is 0 Å². The molecule has 0 saturated carbocycles. The van der Waals surface area contributed by atoms with Crippen LogP contribution in [0.5, 0.6) is 5.75 Å². The first-order chi connectivity index (χ1) is 22.5. The number of fused-ring (bicyclic) bond motifs is 1. The molecule has 2 fully saturated rings. The van der Waals surface area contributed by atoms with Crippen molar-refractivity contribution in [3.63, 3.8) is 0 Å². The summed E-state index contributed by atoms with van der Waals surface area (Å²) in [7, 11) is 1.77. The van der Waals surface area contributed by atoms with Gasteiger partial charge < -0.3 is 9.72 Å². The molecule has 236 valence electrons. The summed E-state index contributed by atoms with van der Waals surface area (Å²) < 4.78 is 20.8. The molecule has 4 aromatic heterocycles. The van der Waals surface area contributed by atoms with Crippen molar-refractivity contribution in [2.75, 3.05) is 46.4 Å². The van der Waals surface area contributed by atoms with Crippen molar-refractivity contribution < 1.29 is 9.13 Å². The Morgan fingerprint density at radius 3 is 2.59 bits per heavy atom. The normalized spacial score (nSPS) is 16.7. The molecule has 5 aromatic rings. The molecule has 46 heavy (non-hydrogen) atoms. The number of imidazole rings is 1. The number of aromatic nitrogens is 6. The molecular formula is C35H38FN9O. The van der Waals surface area contributed by atoms with Gasteiger partial charge in [0.2, 0.25) is 0 Å². The van der Waals surface area contributed by atoms with E-state index < -0.39 is 0 Å². The highest BCUT2D eigenvalue weighted by Crippen LogP contribution is 2.31. The van der Waals surface area contributed by atoms with Gasteiger partial charge in [0.15, 0.2) is 5.82 Å². The number of aromatic amines is 2. The molecule has 7 rings (SSSR count). The van der Waals surface area contributed by atoms with E-state index in [4.69, 9.17) is 9.72 Å². The number of hydrogen-bond acceptors (Lipinski definition) is 8. The first-order valence-corrected chi connectivity index (χ1v) is 15.9. The topological polar surface area (TPSA) is 111 Å². The summed E-state index contributed by atoms with van der Waals surface area (Å²) in [5.41, 5.74) is 6.13. The molecule has 10 nitrogen and oxygen atoms in total. The molecule has 11 heteroatoms. The summed E-state index contributed by atoms with van der Waals surface area (Å²) in [4.78, 5) is 26.6. The third-order valence-corrected chi connectivity index (χ3v) is 8.78. The van der Waals surface area contributed by atoms with Gasteiger partial charge in [-0.15, -0.1) is 0 Å². The molecule has 2 N–H and O–H groups in total. The van der Waals surface area contributed by atoms with Gasteiger partial charge in [-0.3, -0.25) is 29.9 Å². The van der Waals surface area contributed by atoms with Crippen molar-refractivity contribution in [1.29, 1.82) is 0 Å². The van der Waals surface area contributed by atoms with E-state index >= 15 is 0 Å². The summed E-state index contributed by atoms with van der Waals surface area (Å²) in [6.45, 7) is 10.8. The Bertz CT molecular complexity index is 1990. The number of nitrogens with one attached hydrogen (secondary N) is 2. The monoisotopic (exact) mass is 619 g/mol. The van der Waals surface area contributed by atoms with E-state index in [1.165, 1.54) is 37.8 Å². The van der Waals surface area contributed by atoms with Gasteiger partial charge in [-0.2, -0.15) is 5.10 Å². The minimum atomic E-state index is -0.377. The summed E-state index contributed by atoms with van der Waals surface area (Å²) in [5.74, 6) is 0.646. The fourth-order valence-electron chi connectivity index (χ4n) is 6.41. The predicted molar refractivity (Wildman–Crippen MR) is 178 cm³/mol. The van der Waals surface area contributed by atoms with Crippen LogP contribution in [0.4, 0.5) is 4.39 Å². The Hall–Kier alpha value is -4.74. The minimum absolute atomic E-state index is 0.377. The van der Waals surface area contributed by atoms with Gasteiger partial charge in [0, 0.05) is 61.1 Å². The second-order valence-electron chi connectivity index (χ2n) is 12.0. The maximum atomic E-state index is 14.8. The van der Waals surface area contributed by atoms with Crippen LogP contribution in [-0.4, -0.2) is 92.0 Å². The summed E-state index contributed by atoms with van der Waals surface area (Å²) in [6, 6.07) is 6.89. The van der Waals surface area contributed by atoms with E-state index in [1.807, 2.05) is 24.5 Å². The lowest BCUT2D eigenvalue weighted by atomic mass is 10.1. The maximum Gasteiger partial charge on any atom is 0.159 e. The van der Waals surface area contributed by atoms with E-state index in [-0.39, 0.29) is 5.82 Å². The van der Waals surface area contributed by atoms with Gasteiger partial charge in [0.1, 0.15) is 23.9 Å². The largest absolute Gasteiger partial charge is 0.492 e. The number of likely N-dealkylation sites (tertiary alicyclic amines) is 2. The Kier molecular flexibility index (Phi) is 8.67. The van der Waals surface area contributed by atoms with Crippen LogP contribution in [-0.2, 0) is 6.54 Å². The molecule has 0 bridgehead atoms. The Morgan fingerprint density at radius 1 is 1.00 bits per heavy atom. The zero-order chi connectivity index (χ0) is 31.5. The third-order valence-electron chi connectivity index (χ3n) is 8.78. The summed E-state index contributed by atoms with van der Waals surface area (Å²) in [6.07, 6.45) is 14.1. The van der Waals surface area contributed by atoms with Crippen molar-refractivity contribution in [3.8, 4) is 28.4 Å². The highest BCUT2D eigenvalue weighted by molar-refractivity contribution is 6.21. The van der Waals surface area contributed by atoms with E-state index in [0.29, 0.717) is 51.4 Å². The van der Waals surface area contributed by atoms with Crippen LogP contribution in [0.3, 0.4) is 0 Å². The van der Waals surface area contributed by atoms with Gasteiger partial charge in [-0.05, 0) is 87.3 Å². The fraction of sp³-hybridized carbons (Fsp3) is 0.343. The molecule has 0 spiro atoms. The van der Waals surface area contributed by atoms with E-state index in [1.54, 1.807) is 19.4 Å². The van der Waals surface area contributed by atoms with Gasteiger partial charge in [0.05, 0.1) is 28.3 Å². The first kappa shape index (κ1) is 29.9. The average Bonchev–Trinajstić information content (AvgIpc) is 3.88. The number of rotatable bonds is 10. The molecule has 6 heterocycles. The van der Waals surface area contributed by atoms with Gasteiger partial charge >= 0.3 is 0 Å². The minimum Gasteiger partial charge on any atom is -0.492 e. The van der Waals surface area contributed by atoms with Gasteiger partial charge in [0.25, 0.3) is 0 Å². The average molecular weight is 620 g/mol. The van der Waals surface area contributed by atoms with Crippen molar-refractivity contribution >= 4 is 29.4 Å². The molecule has 0 unspecified atom stereocenters. The molecule has 2 aliphatic rings. The highest BCUT2D eigenvalue weighted by Gasteiger charge is 2.17. The Balaban J connectivity index is 1.19. The zero-order valence-electron chi connectivity index (χ0n) is 26.1. The lowest BCUT2D eigenvalue weighted by Gasteiger charge is -2.15. The Morgan fingerprint density at radius 2 is 1.78 bits per heavy atom. The SMILES string of the molecule is C=c1[nH]nc(-c2nc3c(-c4cc(F)cc(OCCN5CCCC5)c4)cncc3[nH]2)/c1=C/C(=N\C)c1cncc(CN2CCCC2)c1. The van der Waals surface area contributed by atoms with E-state index in [0.717, 1.165) is 61.3 Å². The number of pyridine rings is 2. The number of benzene rings is 1. The van der Waals surface area contributed by atoms with Crippen LogP contribution in [0.25, 0.3) is 46.3 Å². The maximum absolute atomic E-state index is 14.8. The van der Waals surface area contributed by atoms with Crippen LogP contribution >= 0.6 is 0 Å². The fourth-order valence-corrected chi connectivity index (χ4v) is 6.41. The second kappa shape index (κ2) is 13.3. The lowest BCUT2D eigenvalue weighted by molar-refractivity contribution is 0.237. The molecule has 2 aliphatic heterocycles. The number of hydrogen-bond donors (Lipinski definition) is 2. The van der Waals surface area contributed by atoms with E-state index in [2.05, 4.69) is 52.6 Å². The van der Waals surface area contributed by atoms with Crippen molar-refractivity contribution in [2.24, 2.45) is 4.99 Å². The zero-order valence-corrected chi connectivity index (χ0v) is 26.1. The number of H-pyrrole nitrogens is 2. The van der Waals surface area contributed by atoms with Gasteiger partial charge in [-0.25, -0.2) is 9.37 Å². The van der Waals surface area contributed by atoms with Crippen molar-refractivity contribution in [3.05, 3.63) is 76.6 Å². The molecule has 0 radical (unpaired) electrons. The van der Waals surface area contributed by atoms with Crippen LogP contribution in [0.15, 0.2) is 54.0 Å². The van der Waals surface area contributed by atoms with Crippen LogP contribution < -0.4 is 15.3 Å². The smallest absolute Gasteiger partial charge is 0.159 e.